The standard InChI is InChI=1S/C13H13F3N4O/c1-9-10(3-4-11(19-9)13(14,15)16)12(21)17-6-8-20-7-2-5-18-20/h2-5,7H,6,8H2,1H3,(H,17,21). The minimum absolute atomic E-state index is 0.0430. The van der Waals surface area contributed by atoms with Crippen LogP contribution < -0.4 is 5.32 Å². The van der Waals surface area contributed by atoms with Crippen molar-refractivity contribution in [3.63, 3.8) is 0 Å². The van der Waals surface area contributed by atoms with E-state index in [9.17, 15) is 18.0 Å². The maximum Gasteiger partial charge on any atom is 0.433 e. The fourth-order valence-electron chi connectivity index (χ4n) is 1.77. The van der Waals surface area contributed by atoms with Crippen LogP contribution in [0.3, 0.4) is 0 Å². The number of alkyl halides is 3. The molecule has 0 spiro atoms. The van der Waals surface area contributed by atoms with Gasteiger partial charge in [0.15, 0.2) is 0 Å². The Morgan fingerprint density at radius 1 is 1.38 bits per heavy atom. The molecule has 21 heavy (non-hydrogen) atoms. The fourth-order valence-corrected chi connectivity index (χ4v) is 1.77. The Hall–Kier alpha value is -2.38. The van der Waals surface area contributed by atoms with Crippen LogP contribution in [0.2, 0.25) is 0 Å². The summed E-state index contributed by atoms with van der Waals surface area (Å²) in [6.45, 7) is 2.17. The first-order valence-electron chi connectivity index (χ1n) is 6.18. The zero-order chi connectivity index (χ0) is 15.5. The summed E-state index contributed by atoms with van der Waals surface area (Å²) in [6, 6.07) is 3.69. The van der Waals surface area contributed by atoms with Gasteiger partial charge >= 0.3 is 6.18 Å². The number of hydrogen-bond donors (Lipinski definition) is 1. The van der Waals surface area contributed by atoms with Crippen molar-refractivity contribution < 1.29 is 18.0 Å². The highest BCUT2D eigenvalue weighted by atomic mass is 19.4. The van der Waals surface area contributed by atoms with Gasteiger partial charge in [0, 0.05) is 18.9 Å². The molecule has 112 valence electrons. The molecule has 1 amide bonds. The molecule has 0 unspecified atom stereocenters. The fraction of sp³-hybridized carbons (Fsp3) is 0.308. The molecule has 0 aliphatic heterocycles. The van der Waals surface area contributed by atoms with Gasteiger partial charge in [-0.25, -0.2) is 4.98 Å². The number of carbonyl (C=O) groups excluding carboxylic acids is 1. The van der Waals surface area contributed by atoms with E-state index < -0.39 is 17.8 Å². The molecule has 2 heterocycles. The second-order valence-electron chi connectivity index (χ2n) is 4.35. The topological polar surface area (TPSA) is 59.8 Å². The van der Waals surface area contributed by atoms with Gasteiger partial charge in [-0.15, -0.1) is 0 Å². The van der Waals surface area contributed by atoms with Crippen molar-refractivity contribution in [3.05, 3.63) is 47.5 Å². The van der Waals surface area contributed by atoms with Crippen LogP contribution in [-0.2, 0) is 12.7 Å². The third-order valence-electron chi connectivity index (χ3n) is 2.81. The molecule has 0 radical (unpaired) electrons. The predicted molar refractivity (Wildman–Crippen MR) is 68.5 cm³/mol. The van der Waals surface area contributed by atoms with E-state index in [4.69, 9.17) is 0 Å². The number of pyridine rings is 1. The van der Waals surface area contributed by atoms with Crippen LogP contribution in [0.25, 0.3) is 0 Å². The number of aromatic nitrogens is 3. The first-order chi connectivity index (χ1) is 9.88. The van der Waals surface area contributed by atoms with Crippen LogP contribution in [0, 0.1) is 6.92 Å². The summed E-state index contributed by atoms with van der Waals surface area (Å²) < 4.78 is 39.1. The van der Waals surface area contributed by atoms with Crippen molar-refractivity contribution in [1.29, 1.82) is 0 Å². The highest BCUT2D eigenvalue weighted by Crippen LogP contribution is 2.28. The number of halogens is 3. The van der Waals surface area contributed by atoms with Gasteiger partial charge in [-0.2, -0.15) is 18.3 Å². The highest BCUT2D eigenvalue weighted by Gasteiger charge is 2.33. The van der Waals surface area contributed by atoms with Crippen molar-refractivity contribution in [3.8, 4) is 0 Å². The number of carbonyl (C=O) groups is 1. The Balaban J connectivity index is 1.99. The van der Waals surface area contributed by atoms with Crippen molar-refractivity contribution in [2.24, 2.45) is 0 Å². The van der Waals surface area contributed by atoms with Crippen LogP contribution in [0.1, 0.15) is 21.7 Å². The van der Waals surface area contributed by atoms with Gasteiger partial charge in [0.25, 0.3) is 5.91 Å². The number of rotatable bonds is 4. The molecule has 1 N–H and O–H groups in total. The maximum absolute atomic E-state index is 12.5. The lowest BCUT2D eigenvalue weighted by molar-refractivity contribution is -0.141. The largest absolute Gasteiger partial charge is 0.433 e. The summed E-state index contributed by atoms with van der Waals surface area (Å²) in [5, 5.41) is 6.59. The Morgan fingerprint density at radius 2 is 2.14 bits per heavy atom. The molecule has 0 saturated heterocycles. The molecule has 0 aliphatic carbocycles. The Bertz CT molecular complexity index is 623. The molecule has 2 rings (SSSR count). The minimum atomic E-state index is -4.51. The molecule has 8 heteroatoms. The van der Waals surface area contributed by atoms with Crippen LogP contribution >= 0.6 is 0 Å². The van der Waals surface area contributed by atoms with Gasteiger partial charge in [0.2, 0.25) is 0 Å². The molecule has 0 atom stereocenters. The third-order valence-corrected chi connectivity index (χ3v) is 2.81. The van der Waals surface area contributed by atoms with E-state index in [1.807, 2.05) is 0 Å². The smallest absolute Gasteiger partial charge is 0.350 e. The lowest BCUT2D eigenvalue weighted by Crippen LogP contribution is -2.28. The van der Waals surface area contributed by atoms with Crippen LogP contribution in [-0.4, -0.2) is 27.2 Å². The average Bonchev–Trinajstić information content (AvgIpc) is 2.90. The molecule has 0 aromatic carbocycles. The van der Waals surface area contributed by atoms with Crippen molar-refractivity contribution >= 4 is 5.91 Å². The van der Waals surface area contributed by atoms with E-state index in [0.29, 0.717) is 13.1 Å². The van der Waals surface area contributed by atoms with Gasteiger partial charge in [0.1, 0.15) is 5.69 Å². The Labute approximate surface area is 118 Å². The van der Waals surface area contributed by atoms with E-state index in [1.165, 1.54) is 6.92 Å². The van der Waals surface area contributed by atoms with Gasteiger partial charge in [0.05, 0.1) is 17.8 Å². The molecule has 0 bridgehead atoms. The molecule has 0 fully saturated rings. The quantitative estimate of drug-likeness (QED) is 0.939. The van der Waals surface area contributed by atoms with Crippen molar-refractivity contribution in [1.82, 2.24) is 20.1 Å². The molecule has 5 nitrogen and oxygen atoms in total. The van der Waals surface area contributed by atoms with Crippen molar-refractivity contribution in [2.75, 3.05) is 6.54 Å². The van der Waals surface area contributed by atoms with Crippen molar-refractivity contribution in [2.45, 2.75) is 19.6 Å². The van der Waals surface area contributed by atoms with Gasteiger partial charge in [-0.3, -0.25) is 9.48 Å². The second-order valence-corrected chi connectivity index (χ2v) is 4.35. The molecular formula is C13H13F3N4O. The first kappa shape index (κ1) is 15.0. The number of aryl methyl sites for hydroxylation is 1. The van der Waals surface area contributed by atoms with E-state index in [1.54, 1.807) is 23.1 Å². The lowest BCUT2D eigenvalue weighted by atomic mass is 10.1. The average molecular weight is 298 g/mol. The summed E-state index contributed by atoms with van der Waals surface area (Å²) >= 11 is 0. The number of hydrogen-bond acceptors (Lipinski definition) is 3. The SMILES string of the molecule is Cc1nc(C(F)(F)F)ccc1C(=O)NCCn1cccn1. The molecule has 2 aromatic rings. The maximum atomic E-state index is 12.5. The predicted octanol–water partition coefficient (Wildman–Crippen LogP) is 2.04. The normalized spacial score (nSPS) is 11.4. The molecule has 0 saturated carbocycles. The van der Waals surface area contributed by atoms with E-state index in [2.05, 4.69) is 15.4 Å². The van der Waals surface area contributed by atoms with Gasteiger partial charge in [-0.05, 0) is 25.1 Å². The third kappa shape index (κ3) is 3.80. The zero-order valence-corrected chi connectivity index (χ0v) is 11.2. The molecule has 0 aliphatic rings. The van der Waals surface area contributed by atoms with E-state index >= 15 is 0 Å². The number of nitrogens with one attached hydrogen (secondary N) is 1. The van der Waals surface area contributed by atoms with Crippen LogP contribution in [0.15, 0.2) is 30.6 Å². The summed E-state index contributed by atoms with van der Waals surface area (Å²) in [4.78, 5) is 15.3. The first-order valence-corrected chi connectivity index (χ1v) is 6.18. The summed E-state index contributed by atoms with van der Waals surface area (Å²) in [6.07, 6.45) is -1.15. The number of amides is 1. The van der Waals surface area contributed by atoms with Crippen LogP contribution in [0.4, 0.5) is 13.2 Å². The zero-order valence-electron chi connectivity index (χ0n) is 11.2. The van der Waals surface area contributed by atoms with Gasteiger partial charge in [-0.1, -0.05) is 0 Å². The van der Waals surface area contributed by atoms with Crippen LogP contribution in [0.5, 0.6) is 0 Å². The van der Waals surface area contributed by atoms with Gasteiger partial charge < -0.3 is 5.32 Å². The summed E-state index contributed by atoms with van der Waals surface area (Å²) in [5.74, 6) is -0.458. The molecule has 2 aromatic heterocycles. The van der Waals surface area contributed by atoms with E-state index in [0.717, 1.165) is 12.1 Å². The molecular weight excluding hydrogens is 285 g/mol. The highest BCUT2D eigenvalue weighted by molar-refractivity contribution is 5.95. The summed E-state index contributed by atoms with van der Waals surface area (Å²) in [5.41, 5.74) is -0.835. The number of nitrogens with zero attached hydrogens (tertiary/aromatic N) is 3. The Morgan fingerprint density at radius 3 is 2.71 bits per heavy atom. The lowest BCUT2D eigenvalue weighted by Gasteiger charge is -2.10. The minimum Gasteiger partial charge on any atom is -0.350 e. The summed E-state index contributed by atoms with van der Waals surface area (Å²) in [7, 11) is 0. The Kier molecular flexibility index (Phi) is 4.25. The second kappa shape index (κ2) is 5.94. The van der Waals surface area contributed by atoms with E-state index in [-0.39, 0.29) is 11.3 Å². The monoisotopic (exact) mass is 298 g/mol.